The Balaban J connectivity index is 1.87. The van der Waals surface area contributed by atoms with Crippen LogP contribution in [0.25, 0.3) is 0 Å². The normalized spacial score (nSPS) is 24.7. The predicted octanol–water partition coefficient (Wildman–Crippen LogP) is 2.04. The zero-order chi connectivity index (χ0) is 14.6. The molecule has 1 heterocycles. The smallest absolute Gasteiger partial charge is 0.202 e. The summed E-state index contributed by atoms with van der Waals surface area (Å²) in [6.45, 7) is 5.94. The first-order chi connectivity index (χ1) is 9.47. The van der Waals surface area contributed by atoms with Crippen molar-refractivity contribution >= 4 is 10.2 Å². The molecular formula is C15H24N2O2S. The molecule has 1 aliphatic heterocycles. The number of hydrogen-bond acceptors (Lipinski definition) is 2. The van der Waals surface area contributed by atoms with Crippen LogP contribution in [0.15, 0.2) is 30.3 Å². The van der Waals surface area contributed by atoms with Gasteiger partial charge in [0.15, 0.2) is 0 Å². The molecule has 1 N–H and O–H groups in total. The zero-order valence-electron chi connectivity index (χ0n) is 12.2. The van der Waals surface area contributed by atoms with E-state index in [1.165, 1.54) is 0 Å². The van der Waals surface area contributed by atoms with Gasteiger partial charge in [-0.15, -0.1) is 0 Å². The SMILES string of the molecule is CC1CC(C)CN(S(=O)(=O)NCCc2ccccc2)C1. The summed E-state index contributed by atoms with van der Waals surface area (Å²) in [5, 5.41) is 0. The molecule has 2 unspecified atom stereocenters. The van der Waals surface area contributed by atoms with E-state index < -0.39 is 10.2 Å². The molecule has 5 heteroatoms. The van der Waals surface area contributed by atoms with Crippen molar-refractivity contribution in [1.29, 1.82) is 0 Å². The molecule has 1 aromatic carbocycles. The zero-order valence-corrected chi connectivity index (χ0v) is 13.1. The first kappa shape index (κ1) is 15.5. The lowest BCUT2D eigenvalue weighted by Gasteiger charge is -2.33. The quantitative estimate of drug-likeness (QED) is 0.904. The molecule has 4 nitrogen and oxygen atoms in total. The second-order valence-corrected chi connectivity index (χ2v) is 7.65. The van der Waals surface area contributed by atoms with Crippen molar-refractivity contribution in [3.8, 4) is 0 Å². The Hall–Kier alpha value is -0.910. The van der Waals surface area contributed by atoms with E-state index in [0.29, 0.717) is 31.5 Å². The maximum Gasteiger partial charge on any atom is 0.279 e. The lowest BCUT2D eigenvalue weighted by molar-refractivity contribution is 0.220. The van der Waals surface area contributed by atoms with Crippen molar-refractivity contribution in [3.63, 3.8) is 0 Å². The lowest BCUT2D eigenvalue weighted by Crippen LogP contribution is -2.48. The minimum atomic E-state index is -3.34. The van der Waals surface area contributed by atoms with Gasteiger partial charge in [-0.25, -0.2) is 4.72 Å². The topological polar surface area (TPSA) is 49.4 Å². The van der Waals surface area contributed by atoms with Gasteiger partial charge in [-0.1, -0.05) is 44.2 Å². The molecule has 112 valence electrons. The van der Waals surface area contributed by atoms with E-state index in [4.69, 9.17) is 0 Å². The van der Waals surface area contributed by atoms with Crippen LogP contribution in [0.2, 0.25) is 0 Å². The molecule has 1 aliphatic rings. The predicted molar refractivity (Wildman–Crippen MR) is 81.6 cm³/mol. The molecule has 2 atom stereocenters. The first-order valence-electron chi connectivity index (χ1n) is 7.26. The van der Waals surface area contributed by atoms with Crippen LogP contribution in [-0.2, 0) is 16.6 Å². The lowest BCUT2D eigenvalue weighted by atomic mass is 9.94. The Morgan fingerprint density at radius 1 is 1.15 bits per heavy atom. The van der Waals surface area contributed by atoms with Gasteiger partial charge >= 0.3 is 0 Å². The van der Waals surface area contributed by atoms with Crippen molar-refractivity contribution in [2.75, 3.05) is 19.6 Å². The van der Waals surface area contributed by atoms with Gasteiger partial charge in [0.25, 0.3) is 10.2 Å². The first-order valence-corrected chi connectivity index (χ1v) is 8.70. The molecule has 1 aromatic rings. The van der Waals surface area contributed by atoms with Gasteiger partial charge in [0.2, 0.25) is 0 Å². The summed E-state index contributed by atoms with van der Waals surface area (Å²) < 4.78 is 28.9. The molecule has 0 aliphatic carbocycles. The van der Waals surface area contributed by atoms with Gasteiger partial charge in [-0.3, -0.25) is 0 Å². The van der Waals surface area contributed by atoms with Crippen molar-refractivity contribution in [3.05, 3.63) is 35.9 Å². The van der Waals surface area contributed by atoms with E-state index in [1.54, 1.807) is 4.31 Å². The fourth-order valence-electron chi connectivity index (χ4n) is 2.86. The van der Waals surface area contributed by atoms with Crippen molar-refractivity contribution in [2.24, 2.45) is 11.8 Å². The molecule has 0 bridgehead atoms. The van der Waals surface area contributed by atoms with Crippen molar-refractivity contribution < 1.29 is 8.42 Å². The van der Waals surface area contributed by atoms with Crippen LogP contribution in [-0.4, -0.2) is 32.4 Å². The summed E-state index contributed by atoms with van der Waals surface area (Å²) >= 11 is 0. The van der Waals surface area contributed by atoms with Gasteiger partial charge in [-0.2, -0.15) is 12.7 Å². The molecular weight excluding hydrogens is 272 g/mol. The van der Waals surface area contributed by atoms with E-state index >= 15 is 0 Å². The van der Waals surface area contributed by atoms with Crippen LogP contribution in [0.4, 0.5) is 0 Å². The van der Waals surface area contributed by atoms with E-state index in [-0.39, 0.29) is 0 Å². The molecule has 0 radical (unpaired) electrons. The Morgan fingerprint density at radius 2 is 1.75 bits per heavy atom. The molecule has 0 spiro atoms. The number of nitrogens with one attached hydrogen (secondary N) is 1. The highest BCUT2D eigenvalue weighted by Crippen LogP contribution is 2.22. The van der Waals surface area contributed by atoms with Gasteiger partial charge in [0.05, 0.1) is 0 Å². The standard InChI is InChI=1S/C15H24N2O2S/c1-13-10-14(2)12-17(11-13)20(18,19)16-9-8-15-6-4-3-5-7-15/h3-7,13-14,16H,8-12H2,1-2H3. The number of nitrogens with zero attached hydrogens (tertiary/aromatic N) is 1. The van der Waals surface area contributed by atoms with E-state index in [2.05, 4.69) is 18.6 Å². The maximum absolute atomic E-state index is 12.3. The number of hydrogen-bond donors (Lipinski definition) is 1. The third kappa shape index (κ3) is 4.30. The summed E-state index contributed by atoms with van der Waals surface area (Å²) in [6, 6.07) is 9.93. The van der Waals surface area contributed by atoms with Gasteiger partial charge in [-0.05, 0) is 30.2 Å². The third-order valence-corrected chi connectivity index (χ3v) is 5.26. The Kier molecular flexibility index (Phi) is 5.18. The van der Waals surface area contributed by atoms with Gasteiger partial charge < -0.3 is 0 Å². The van der Waals surface area contributed by atoms with E-state index in [0.717, 1.165) is 18.4 Å². The van der Waals surface area contributed by atoms with Crippen LogP contribution in [0.5, 0.6) is 0 Å². The highest BCUT2D eigenvalue weighted by molar-refractivity contribution is 7.87. The Labute approximate surface area is 122 Å². The summed E-state index contributed by atoms with van der Waals surface area (Å²) in [4.78, 5) is 0. The molecule has 0 amide bonds. The fourth-order valence-corrected chi connectivity index (χ4v) is 4.31. The summed E-state index contributed by atoms with van der Waals surface area (Å²) in [5.74, 6) is 0.869. The molecule has 1 saturated heterocycles. The van der Waals surface area contributed by atoms with Crippen LogP contribution in [0.1, 0.15) is 25.8 Å². The summed E-state index contributed by atoms with van der Waals surface area (Å²) in [5.41, 5.74) is 1.15. The maximum atomic E-state index is 12.3. The number of rotatable bonds is 5. The van der Waals surface area contributed by atoms with Crippen molar-refractivity contribution in [2.45, 2.75) is 26.7 Å². The Bertz CT molecular complexity index is 506. The molecule has 0 aromatic heterocycles. The second-order valence-electron chi connectivity index (χ2n) is 5.90. The third-order valence-electron chi connectivity index (χ3n) is 3.72. The number of benzene rings is 1. The van der Waals surface area contributed by atoms with Gasteiger partial charge in [0.1, 0.15) is 0 Å². The molecule has 20 heavy (non-hydrogen) atoms. The Morgan fingerprint density at radius 3 is 2.35 bits per heavy atom. The fraction of sp³-hybridized carbons (Fsp3) is 0.600. The average molecular weight is 296 g/mol. The minimum Gasteiger partial charge on any atom is -0.202 e. The minimum absolute atomic E-state index is 0.435. The average Bonchev–Trinajstić information content (AvgIpc) is 2.38. The van der Waals surface area contributed by atoms with Crippen LogP contribution in [0, 0.1) is 11.8 Å². The van der Waals surface area contributed by atoms with E-state index in [1.807, 2.05) is 30.3 Å². The highest BCUT2D eigenvalue weighted by atomic mass is 32.2. The van der Waals surface area contributed by atoms with Gasteiger partial charge in [0, 0.05) is 19.6 Å². The largest absolute Gasteiger partial charge is 0.279 e. The van der Waals surface area contributed by atoms with Crippen LogP contribution < -0.4 is 4.72 Å². The van der Waals surface area contributed by atoms with E-state index in [9.17, 15) is 8.42 Å². The summed E-state index contributed by atoms with van der Waals surface area (Å²) in [6.07, 6.45) is 1.83. The molecule has 1 fully saturated rings. The number of piperidine rings is 1. The summed E-state index contributed by atoms with van der Waals surface area (Å²) in [7, 11) is -3.34. The van der Waals surface area contributed by atoms with Crippen molar-refractivity contribution in [1.82, 2.24) is 9.03 Å². The second kappa shape index (κ2) is 6.70. The van der Waals surface area contributed by atoms with Crippen LogP contribution in [0.3, 0.4) is 0 Å². The monoisotopic (exact) mass is 296 g/mol. The highest BCUT2D eigenvalue weighted by Gasteiger charge is 2.29. The van der Waals surface area contributed by atoms with Crippen LogP contribution >= 0.6 is 0 Å². The molecule has 0 saturated carbocycles. The molecule has 2 rings (SSSR count).